The predicted molar refractivity (Wildman–Crippen MR) is 118 cm³/mol. The first-order chi connectivity index (χ1) is 15.5. The molecule has 1 aromatic heterocycles. The van der Waals surface area contributed by atoms with Crippen molar-refractivity contribution in [2.24, 2.45) is 11.8 Å². The van der Waals surface area contributed by atoms with Gasteiger partial charge in [0, 0.05) is 56.3 Å². The molecular formula is C24H27N3O5. The Balaban J connectivity index is 1.35. The Morgan fingerprint density at radius 3 is 2.62 bits per heavy atom. The lowest BCUT2D eigenvalue weighted by Crippen LogP contribution is -2.50. The van der Waals surface area contributed by atoms with Crippen LogP contribution in [0.15, 0.2) is 41.2 Å². The van der Waals surface area contributed by atoms with Crippen molar-refractivity contribution in [1.29, 1.82) is 0 Å². The second-order valence-corrected chi connectivity index (χ2v) is 8.88. The van der Waals surface area contributed by atoms with Crippen LogP contribution in [0.2, 0.25) is 0 Å². The largest absolute Gasteiger partial charge is 0.497 e. The Kier molecular flexibility index (Phi) is 5.15. The average molecular weight is 437 g/mol. The monoisotopic (exact) mass is 437 g/mol. The number of fused-ring (bicyclic) bond motifs is 4. The number of rotatable bonds is 4. The summed E-state index contributed by atoms with van der Waals surface area (Å²) >= 11 is 0. The highest BCUT2D eigenvalue weighted by Gasteiger charge is 2.42. The molecule has 1 aromatic carbocycles. The van der Waals surface area contributed by atoms with E-state index in [1.165, 1.54) is 0 Å². The summed E-state index contributed by atoms with van der Waals surface area (Å²) in [6.45, 7) is 2.18. The van der Waals surface area contributed by atoms with E-state index in [0.717, 1.165) is 12.1 Å². The number of hydrogen-bond acceptors (Lipinski definition) is 5. The van der Waals surface area contributed by atoms with Gasteiger partial charge in [-0.15, -0.1) is 0 Å². The summed E-state index contributed by atoms with van der Waals surface area (Å²) in [6.07, 6.45) is 1.17. The number of hydrogen-bond donors (Lipinski definition) is 0. The minimum atomic E-state index is -0.393. The Morgan fingerprint density at radius 2 is 1.84 bits per heavy atom. The standard InChI is InChI=1S/C24H27N3O5/c1-31-18-6-7-21(32-2)20(10-18)27-14-17(9-23(27)29)24(30)25-11-15-8-16(13-25)19-4-3-5-22(28)26(19)12-15/h3-7,10,15-17H,8-9,11-14H2,1-2H3. The lowest BCUT2D eigenvalue weighted by Gasteiger charge is -2.43. The first kappa shape index (κ1) is 20.6. The Labute approximate surface area is 186 Å². The molecule has 0 spiro atoms. The van der Waals surface area contributed by atoms with E-state index in [1.54, 1.807) is 49.5 Å². The average Bonchev–Trinajstić information content (AvgIpc) is 3.20. The molecule has 2 amide bonds. The van der Waals surface area contributed by atoms with E-state index < -0.39 is 5.92 Å². The van der Waals surface area contributed by atoms with Crippen LogP contribution in [0.1, 0.15) is 24.5 Å². The molecule has 168 valence electrons. The third-order valence-corrected chi connectivity index (χ3v) is 6.94. The Bertz CT molecular complexity index is 1130. The number of anilines is 1. The molecule has 0 radical (unpaired) electrons. The van der Waals surface area contributed by atoms with Gasteiger partial charge in [0.2, 0.25) is 11.8 Å². The molecule has 3 atom stereocenters. The molecule has 2 bridgehead atoms. The van der Waals surface area contributed by atoms with Crippen LogP contribution in [0.4, 0.5) is 5.69 Å². The normalized spacial score (nSPS) is 24.3. The van der Waals surface area contributed by atoms with Gasteiger partial charge in [0.1, 0.15) is 11.5 Å². The van der Waals surface area contributed by atoms with Crippen LogP contribution in [0.25, 0.3) is 0 Å². The predicted octanol–water partition coefficient (Wildman–Crippen LogP) is 1.86. The van der Waals surface area contributed by atoms with Crippen molar-refractivity contribution in [2.45, 2.75) is 25.3 Å². The molecule has 32 heavy (non-hydrogen) atoms. The first-order valence-corrected chi connectivity index (χ1v) is 11.0. The summed E-state index contributed by atoms with van der Waals surface area (Å²) in [7, 11) is 3.13. The minimum Gasteiger partial charge on any atom is -0.497 e. The molecule has 8 heteroatoms. The zero-order chi connectivity index (χ0) is 22.4. The van der Waals surface area contributed by atoms with Crippen molar-refractivity contribution in [3.05, 3.63) is 52.4 Å². The van der Waals surface area contributed by atoms with Crippen LogP contribution in [0.5, 0.6) is 11.5 Å². The fourth-order valence-corrected chi connectivity index (χ4v) is 5.45. The van der Waals surface area contributed by atoms with E-state index in [4.69, 9.17) is 9.47 Å². The van der Waals surface area contributed by atoms with Gasteiger partial charge < -0.3 is 23.8 Å². The van der Waals surface area contributed by atoms with Gasteiger partial charge in [-0.2, -0.15) is 0 Å². The van der Waals surface area contributed by atoms with Crippen molar-refractivity contribution in [3.8, 4) is 11.5 Å². The highest BCUT2D eigenvalue weighted by Crippen LogP contribution is 2.38. The molecule has 5 rings (SSSR count). The van der Waals surface area contributed by atoms with E-state index in [0.29, 0.717) is 43.4 Å². The van der Waals surface area contributed by atoms with Crippen molar-refractivity contribution in [1.82, 2.24) is 9.47 Å². The number of benzene rings is 1. The van der Waals surface area contributed by atoms with E-state index in [9.17, 15) is 14.4 Å². The van der Waals surface area contributed by atoms with Gasteiger partial charge in [0.15, 0.2) is 0 Å². The van der Waals surface area contributed by atoms with Gasteiger partial charge in [-0.05, 0) is 30.5 Å². The summed E-state index contributed by atoms with van der Waals surface area (Å²) in [5, 5.41) is 0. The molecule has 4 heterocycles. The van der Waals surface area contributed by atoms with Crippen molar-refractivity contribution in [3.63, 3.8) is 0 Å². The number of ether oxygens (including phenoxy) is 2. The van der Waals surface area contributed by atoms with E-state index in [1.807, 2.05) is 15.5 Å². The molecule has 0 saturated carbocycles. The highest BCUT2D eigenvalue weighted by molar-refractivity contribution is 6.01. The summed E-state index contributed by atoms with van der Waals surface area (Å²) in [5.41, 5.74) is 1.66. The van der Waals surface area contributed by atoms with Gasteiger partial charge in [-0.3, -0.25) is 14.4 Å². The Hall–Kier alpha value is -3.29. The maximum Gasteiger partial charge on any atom is 0.250 e. The SMILES string of the molecule is COc1ccc(OC)c(N2CC(C(=O)N3CC4CC(C3)c3cccc(=O)n3C4)CC2=O)c1. The number of nitrogens with zero attached hydrogens (tertiary/aromatic N) is 3. The molecule has 3 aliphatic heterocycles. The lowest BCUT2D eigenvalue weighted by atomic mass is 9.82. The number of pyridine rings is 1. The summed E-state index contributed by atoms with van der Waals surface area (Å²) in [5.74, 6) is 1.15. The highest BCUT2D eigenvalue weighted by atomic mass is 16.5. The van der Waals surface area contributed by atoms with Crippen LogP contribution < -0.4 is 19.9 Å². The maximum atomic E-state index is 13.4. The third-order valence-electron chi connectivity index (χ3n) is 6.94. The molecule has 2 fully saturated rings. The van der Waals surface area contributed by atoms with E-state index in [2.05, 4.69) is 0 Å². The molecule has 2 saturated heterocycles. The van der Waals surface area contributed by atoms with Crippen LogP contribution in [-0.4, -0.2) is 55.1 Å². The van der Waals surface area contributed by atoms with Crippen LogP contribution >= 0.6 is 0 Å². The number of likely N-dealkylation sites (tertiary alicyclic amines) is 1. The van der Waals surface area contributed by atoms with E-state index in [-0.39, 0.29) is 35.6 Å². The fraction of sp³-hybridized carbons (Fsp3) is 0.458. The topological polar surface area (TPSA) is 81.1 Å². The number of carbonyl (C=O) groups is 2. The molecule has 0 aliphatic carbocycles. The number of methoxy groups -OCH3 is 2. The van der Waals surface area contributed by atoms with Gasteiger partial charge >= 0.3 is 0 Å². The van der Waals surface area contributed by atoms with Crippen molar-refractivity contribution < 1.29 is 19.1 Å². The number of carbonyl (C=O) groups excluding carboxylic acids is 2. The third kappa shape index (κ3) is 3.43. The van der Waals surface area contributed by atoms with E-state index >= 15 is 0 Å². The zero-order valence-electron chi connectivity index (χ0n) is 18.3. The molecular weight excluding hydrogens is 410 g/mol. The van der Waals surface area contributed by atoms with Gasteiger partial charge in [0.25, 0.3) is 5.56 Å². The smallest absolute Gasteiger partial charge is 0.250 e. The molecule has 3 unspecified atom stereocenters. The van der Waals surface area contributed by atoms with Crippen LogP contribution in [0.3, 0.4) is 0 Å². The van der Waals surface area contributed by atoms with Gasteiger partial charge in [-0.1, -0.05) is 6.07 Å². The zero-order valence-corrected chi connectivity index (χ0v) is 18.3. The van der Waals surface area contributed by atoms with Crippen molar-refractivity contribution >= 4 is 17.5 Å². The lowest BCUT2D eigenvalue weighted by molar-refractivity contribution is -0.138. The number of piperidine rings is 1. The Morgan fingerprint density at radius 1 is 1.00 bits per heavy atom. The second kappa shape index (κ2) is 8.00. The van der Waals surface area contributed by atoms with Crippen LogP contribution in [-0.2, 0) is 16.1 Å². The van der Waals surface area contributed by atoms with Gasteiger partial charge in [0.05, 0.1) is 25.8 Å². The fourth-order valence-electron chi connectivity index (χ4n) is 5.45. The van der Waals surface area contributed by atoms with Crippen LogP contribution in [0, 0.1) is 11.8 Å². The summed E-state index contributed by atoms with van der Waals surface area (Å²) in [6, 6.07) is 10.7. The molecule has 8 nitrogen and oxygen atoms in total. The second-order valence-electron chi connectivity index (χ2n) is 8.88. The number of amides is 2. The molecule has 3 aliphatic rings. The summed E-state index contributed by atoms with van der Waals surface area (Å²) < 4.78 is 12.6. The quantitative estimate of drug-likeness (QED) is 0.730. The minimum absolute atomic E-state index is 0.0177. The first-order valence-electron chi connectivity index (χ1n) is 11.0. The maximum absolute atomic E-state index is 13.4. The van der Waals surface area contributed by atoms with Gasteiger partial charge in [-0.25, -0.2) is 0 Å². The molecule has 0 N–H and O–H groups in total. The number of aromatic nitrogens is 1. The summed E-state index contributed by atoms with van der Waals surface area (Å²) in [4.78, 5) is 42.1. The molecule has 2 aromatic rings. The van der Waals surface area contributed by atoms with Crippen molar-refractivity contribution in [2.75, 3.05) is 38.8 Å².